The quantitative estimate of drug-likeness (QED) is 0.381. The Morgan fingerprint density at radius 3 is 2.37 bits per heavy atom. The summed E-state index contributed by atoms with van der Waals surface area (Å²) in [5, 5.41) is 0. The van der Waals surface area contributed by atoms with Crippen molar-refractivity contribution in [1.82, 2.24) is 0 Å². The molecule has 3 saturated carbocycles. The highest BCUT2D eigenvalue weighted by Crippen LogP contribution is 2.67. The Morgan fingerprint density at radius 1 is 0.900 bits per heavy atom. The fourth-order valence-corrected chi connectivity index (χ4v) is 9.28. The smallest absolute Gasteiger partial charge is 0.00851 e. The molecule has 0 heteroatoms. The van der Waals surface area contributed by atoms with Crippen LogP contribution in [-0.4, -0.2) is 0 Å². The molecule has 0 amide bonds. The van der Waals surface area contributed by atoms with Crippen LogP contribution in [0.2, 0.25) is 0 Å². The van der Waals surface area contributed by atoms with E-state index in [4.69, 9.17) is 0 Å². The molecule has 30 heavy (non-hydrogen) atoms. The first kappa shape index (κ1) is 22.9. The second-order valence-electron chi connectivity index (χ2n) is 13.3. The van der Waals surface area contributed by atoms with Crippen molar-refractivity contribution in [2.24, 2.45) is 58.2 Å². The summed E-state index contributed by atoms with van der Waals surface area (Å²) in [6.45, 7) is 17.7. The molecule has 0 bridgehead atoms. The minimum atomic E-state index is 0.537. The van der Waals surface area contributed by atoms with E-state index in [-0.39, 0.29) is 0 Å². The van der Waals surface area contributed by atoms with Crippen LogP contribution in [0.1, 0.15) is 119 Å². The van der Waals surface area contributed by atoms with Gasteiger partial charge in [-0.2, -0.15) is 0 Å². The number of allylic oxidation sites excluding steroid dienone is 2. The zero-order valence-corrected chi connectivity index (χ0v) is 21.5. The first-order valence-corrected chi connectivity index (χ1v) is 13.9. The van der Waals surface area contributed by atoms with Gasteiger partial charge in [-0.1, -0.05) is 79.4 Å². The Kier molecular flexibility index (Phi) is 6.56. The third-order valence-corrected chi connectivity index (χ3v) is 11.6. The van der Waals surface area contributed by atoms with Crippen LogP contribution in [0.15, 0.2) is 11.6 Å². The Labute approximate surface area is 189 Å². The molecular weight excluding hydrogens is 360 g/mol. The van der Waals surface area contributed by atoms with Crippen LogP contribution in [0.4, 0.5) is 0 Å². The molecule has 0 aromatic carbocycles. The molecule has 0 saturated heterocycles. The second-order valence-corrected chi connectivity index (χ2v) is 13.3. The molecule has 0 N–H and O–H groups in total. The third kappa shape index (κ3) is 3.75. The molecule has 0 aliphatic heterocycles. The SMILES string of the molecule is CCC(C)[C@H]1CC[C@@]2(C)C(=CCC3C2CC[C@@]2(C)C3CC[C@@H]2C(C)CCC(C)C)C1. The van der Waals surface area contributed by atoms with Crippen LogP contribution in [-0.2, 0) is 0 Å². The van der Waals surface area contributed by atoms with Crippen molar-refractivity contribution in [3.8, 4) is 0 Å². The van der Waals surface area contributed by atoms with Gasteiger partial charge < -0.3 is 0 Å². The first-order valence-electron chi connectivity index (χ1n) is 13.9. The average molecular weight is 413 g/mol. The maximum Gasteiger partial charge on any atom is -0.00851 e. The van der Waals surface area contributed by atoms with Gasteiger partial charge in [-0.3, -0.25) is 0 Å². The van der Waals surface area contributed by atoms with Crippen LogP contribution < -0.4 is 0 Å². The molecule has 4 aliphatic carbocycles. The van der Waals surface area contributed by atoms with Crippen molar-refractivity contribution in [3.05, 3.63) is 11.6 Å². The summed E-state index contributed by atoms with van der Waals surface area (Å²) >= 11 is 0. The fraction of sp³-hybridized carbons (Fsp3) is 0.933. The predicted octanol–water partition coefficient (Wildman–Crippen LogP) is 9.30. The zero-order valence-electron chi connectivity index (χ0n) is 21.5. The van der Waals surface area contributed by atoms with Gasteiger partial charge in [-0.25, -0.2) is 0 Å². The molecule has 0 aromatic heterocycles. The Bertz CT molecular complexity index is 628. The van der Waals surface area contributed by atoms with Gasteiger partial charge in [0.05, 0.1) is 0 Å². The Balaban J connectivity index is 1.51. The van der Waals surface area contributed by atoms with E-state index in [1.165, 1.54) is 70.6 Å². The standard InChI is InChI=1S/C30H52/c1-8-21(4)23-15-17-29(6)24(19-23)11-12-25-27-14-13-26(22(5)10-9-20(2)3)30(27,7)18-16-28(25)29/h11,20-23,25-28H,8-10,12-19H2,1-7H3/t21?,22?,23-,25?,26+,27?,28?,29-,30+/m0/s1. The average Bonchev–Trinajstić information content (AvgIpc) is 3.08. The van der Waals surface area contributed by atoms with E-state index in [2.05, 4.69) is 54.5 Å². The summed E-state index contributed by atoms with van der Waals surface area (Å²) in [5.74, 6) is 7.61. The number of hydrogen-bond donors (Lipinski definition) is 0. The van der Waals surface area contributed by atoms with E-state index in [0.717, 1.165) is 47.3 Å². The van der Waals surface area contributed by atoms with E-state index >= 15 is 0 Å². The van der Waals surface area contributed by atoms with Crippen molar-refractivity contribution in [3.63, 3.8) is 0 Å². The van der Waals surface area contributed by atoms with Gasteiger partial charge in [0.1, 0.15) is 0 Å². The van der Waals surface area contributed by atoms with Gasteiger partial charge in [0.15, 0.2) is 0 Å². The topological polar surface area (TPSA) is 0 Å². The fourth-order valence-electron chi connectivity index (χ4n) is 9.28. The lowest BCUT2D eigenvalue weighted by molar-refractivity contribution is -0.0542. The minimum absolute atomic E-state index is 0.537. The summed E-state index contributed by atoms with van der Waals surface area (Å²) in [5.41, 5.74) is 3.06. The van der Waals surface area contributed by atoms with E-state index in [9.17, 15) is 0 Å². The Morgan fingerprint density at radius 2 is 1.67 bits per heavy atom. The molecule has 0 nitrogen and oxygen atoms in total. The van der Waals surface area contributed by atoms with Crippen LogP contribution in [0.5, 0.6) is 0 Å². The van der Waals surface area contributed by atoms with Crippen molar-refractivity contribution >= 4 is 0 Å². The highest BCUT2D eigenvalue weighted by molar-refractivity contribution is 5.25. The normalized spacial score (nSPS) is 45.3. The van der Waals surface area contributed by atoms with Gasteiger partial charge in [0, 0.05) is 0 Å². The number of rotatable bonds is 6. The summed E-state index contributed by atoms with van der Waals surface area (Å²) in [6, 6.07) is 0. The van der Waals surface area contributed by atoms with Crippen LogP contribution in [0.25, 0.3) is 0 Å². The van der Waals surface area contributed by atoms with E-state index in [1.54, 1.807) is 0 Å². The third-order valence-electron chi connectivity index (χ3n) is 11.6. The van der Waals surface area contributed by atoms with Crippen LogP contribution in [0.3, 0.4) is 0 Å². The molecule has 4 aliphatic rings. The highest BCUT2D eigenvalue weighted by atomic mass is 14.6. The summed E-state index contributed by atoms with van der Waals surface area (Å²) in [6.07, 6.45) is 18.9. The molecule has 4 rings (SSSR count). The number of fused-ring (bicyclic) bond motifs is 5. The van der Waals surface area contributed by atoms with E-state index in [0.29, 0.717) is 10.8 Å². The molecule has 3 fully saturated rings. The Hall–Kier alpha value is -0.260. The zero-order chi connectivity index (χ0) is 21.7. The molecule has 5 unspecified atom stereocenters. The van der Waals surface area contributed by atoms with Crippen molar-refractivity contribution in [2.45, 2.75) is 119 Å². The first-order chi connectivity index (χ1) is 14.2. The minimum Gasteiger partial charge on any atom is -0.0845 e. The molecule has 0 spiro atoms. The lowest BCUT2D eigenvalue weighted by atomic mass is 9.46. The lowest BCUT2D eigenvalue weighted by Crippen LogP contribution is -2.50. The maximum absolute atomic E-state index is 2.79. The lowest BCUT2D eigenvalue weighted by Gasteiger charge is -2.59. The molecular formula is C30H52. The van der Waals surface area contributed by atoms with Crippen LogP contribution >= 0.6 is 0 Å². The summed E-state index contributed by atoms with van der Waals surface area (Å²) in [7, 11) is 0. The number of hydrogen-bond acceptors (Lipinski definition) is 0. The highest BCUT2D eigenvalue weighted by Gasteiger charge is 2.59. The van der Waals surface area contributed by atoms with Gasteiger partial charge in [0.2, 0.25) is 0 Å². The molecule has 0 radical (unpaired) electrons. The van der Waals surface area contributed by atoms with E-state index in [1.807, 2.05) is 5.57 Å². The molecule has 0 aromatic rings. The van der Waals surface area contributed by atoms with Crippen molar-refractivity contribution < 1.29 is 0 Å². The largest absolute Gasteiger partial charge is 0.0845 e. The molecule has 0 heterocycles. The van der Waals surface area contributed by atoms with Crippen molar-refractivity contribution in [2.75, 3.05) is 0 Å². The van der Waals surface area contributed by atoms with Gasteiger partial charge >= 0.3 is 0 Å². The van der Waals surface area contributed by atoms with Gasteiger partial charge in [0.25, 0.3) is 0 Å². The molecule has 9 atom stereocenters. The predicted molar refractivity (Wildman–Crippen MR) is 131 cm³/mol. The monoisotopic (exact) mass is 412 g/mol. The van der Waals surface area contributed by atoms with Crippen molar-refractivity contribution in [1.29, 1.82) is 0 Å². The maximum atomic E-state index is 2.79. The molecule has 172 valence electrons. The van der Waals surface area contributed by atoms with Gasteiger partial charge in [-0.05, 0) is 110 Å². The summed E-state index contributed by atoms with van der Waals surface area (Å²) in [4.78, 5) is 0. The summed E-state index contributed by atoms with van der Waals surface area (Å²) < 4.78 is 0. The van der Waals surface area contributed by atoms with E-state index < -0.39 is 0 Å². The van der Waals surface area contributed by atoms with Gasteiger partial charge in [-0.15, -0.1) is 0 Å². The van der Waals surface area contributed by atoms with Crippen LogP contribution in [0, 0.1) is 58.2 Å². The second kappa shape index (κ2) is 8.59.